The highest BCUT2D eigenvalue weighted by atomic mass is 14.9. The Bertz CT molecular complexity index is 352. The van der Waals surface area contributed by atoms with E-state index >= 15 is 0 Å². The van der Waals surface area contributed by atoms with E-state index in [1.54, 1.807) is 0 Å². The van der Waals surface area contributed by atoms with Crippen LogP contribution >= 0.6 is 0 Å². The zero-order valence-corrected chi connectivity index (χ0v) is 12.2. The van der Waals surface area contributed by atoms with Crippen LogP contribution in [0.3, 0.4) is 0 Å². The molecule has 1 fully saturated rings. The molecule has 0 heterocycles. The van der Waals surface area contributed by atoms with Gasteiger partial charge in [-0.05, 0) is 42.9 Å². The first kappa shape index (κ1) is 14.4. The van der Waals surface area contributed by atoms with Crippen molar-refractivity contribution < 1.29 is 0 Å². The van der Waals surface area contributed by atoms with Gasteiger partial charge < -0.3 is 11.1 Å². The van der Waals surface area contributed by atoms with E-state index in [1.807, 2.05) is 12.1 Å². The number of nitrogen functional groups attached to an aromatic ring is 1. The minimum Gasteiger partial charge on any atom is -0.399 e. The van der Waals surface area contributed by atoms with Gasteiger partial charge in [-0.25, -0.2) is 0 Å². The molecule has 0 amide bonds. The van der Waals surface area contributed by atoms with E-state index in [0.29, 0.717) is 5.92 Å². The van der Waals surface area contributed by atoms with Crippen molar-refractivity contribution in [1.29, 1.82) is 0 Å². The lowest BCUT2D eigenvalue weighted by molar-refractivity contribution is 0.361. The Morgan fingerprint density at radius 2 is 1.84 bits per heavy atom. The number of nitrogens with two attached hydrogens (primary N) is 1. The van der Waals surface area contributed by atoms with Crippen LogP contribution in [0.4, 0.5) is 5.69 Å². The smallest absolute Gasteiger partial charge is 0.0314 e. The lowest BCUT2D eigenvalue weighted by atomic mass is 9.92. The van der Waals surface area contributed by atoms with Gasteiger partial charge in [-0.3, -0.25) is 0 Å². The van der Waals surface area contributed by atoms with Crippen molar-refractivity contribution in [2.24, 2.45) is 0 Å². The Morgan fingerprint density at radius 3 is 2.47 bits per heavy atom. The number of benzene rings is 1. The van der Waals surface area contributed by atoms with Crippen LogP contribution in [0.2, 0.25) is 0 Å². The average molecular weight is 260 g/mol. The van der Waals surface area contributed by atoms with Crippen LogP contribution in [0.1, 0.15) is 63.4 Å². The third kappa shape index (κ3) is 4.54. The van der Waals surface area contributed by atoms with Crippen molar-refractivity contribution in [1.82, 2.24) is 5.32 Å². The minimum absolute atomic E-state index is 0.632. The van der Waals surface area contributed by atoms with Crippen molar-refractivity contribution in [2.75, 3.05) is 12.3 Å². The van der Waals surface area contributed by atoms with Crippen molar-refractivity contribution in [3.05, 3.63) is 29.8 Å². The number of nitrogens with one attached hydrogen (secondary N) is 1. The summed E-state index contributed by atoms with van der Waals surface area (Å²) in [7, 11) is 0. The molecule has 1 aliphatic rings. The van der Waals surface area contributed by atoms with Gasteiger partial charge in [0.05, 0.1) is 0 Å². The normalized spacial score (nSPS) is 18.4. The van der Waals surface area contributed by atoms with Gasteiger partial charge in [-0.15, -0.1) is 0 Å². The predicted octanol–water partition coefficient (Wildman–Crippen LogP) is 4.07. The molecule has 1 aromatic rings. The maximum atomic E-state index is 5.78. The lowest BCUT2D eigenvalue weighted by Crippen LogP contribution is -2.34. The van der Waals surface area contributed by atoms with Crippen molar-refractivity contribution >= 4 is 5.69 Å². The van der Waals surface area contributed by atoms with Gasteiger partial charge in [-0.2, -0.15) is 0 Å². The van der Waals surface area contributed by atoms with Crippen LogP contribution < -0.4 is 11.1 Å². The summed E-state index contributed by atoms with van der Waals surface area (Å²) in [4.78, 5) is 0. The van der Waals surface area contributed by atoms with E-state index in [0.717, 1.165) is 18.3 Å². The SMILES string of the molecule is CCCC(CNC1CCCCC1)c1ccc(N)cc1. The molecular weight excluding hydrogens is 232 g/mol. The largest absolute Gasteiger partial charge is 0.399 e. The molecule has 1 atom stereocenters. The van der Waals surface area contributed by atoms with Crippen LogP contribution in [0.5, 0.6) is 0 Å². The van der Waals surface area contributed by atoms with Crippen molar-refractivity contribution in [2.45, 2.75) is 63.8 Å². The number of rotatable bonds is 6. The third-order valence-electron chi connectivity index (χ3n) is 4.30. The van der Waals surface area contributed by atoms with Crippen LogP contribution in [0.15, 0.2) is 24.3 Å². The average Bonchev–Trinajstić information content (AvgIpc) is 2.46. The van der Waals surface area contributed by atoms with E-state index in [9.17, 15) is 0 Å². The quantitative estimate of drug-likeness (QED) is 0.756. The molecule has 2 nitrogen and oxygen atoms in total. The molecule has 106 valence electrons. The maximum absolute atomic E-state index is 5.78. The molecule has 0 aromatic heterocycles. The Morgan fingerprint density at radius 1 is 1.16 bits per heavy atom. The first-order valence-corrected chi connectivity index (χ1v) is 7.88. The molecule has 0 aliphatic heterocycles. The molecule has 1 saturated carbocycles. The van der Waals surface area contributed by atoms with E-state index in [-0.39, 0.29) is 0 Å². The number of anilines is 1. The predicted molar refractivity (Wildman–Crippen MR) is 83.4 cm³/mol. The van der Waals surface area contributed by atoms with Gasteiger partial charge in [0.1, 0.15) is 0 Å². The van der Waals surface area contributed by atoms with Gasteiger partial charge in [0.2, 0.25) is 0 Å². The van der Waals surface area contributed by atoms with E-state index in [2.05, 4.69) is 24.4 Å². The zero-order chi connectivity index (χ0) is 13.5. The topological polar surface area (TPSA) is 38.0 Å². The monoisotopic (exact) mass is 260 g/mol. The molecule has 3 N–H and O–H groups in total. The molecule has 0 bridgehead atoms. The summed E-state index contributed by atoms with van der Waals surface area (Å²) in [5.41, 5.74) is 8.07. The fourth-order valence-corrected chi connectivity index (χ4v) is 3.12. The van der Waals surface area contributed by atoms with E-state index < -0.39 is 0 Å². The Hall–Kier alpha value is -1.02. The Kier molecular flexibility index (Phi) is 5.71. The van der Waals surface area contributed by atoms with Crippen molar-refractivity contribution in [3.63, 3.8) is 0 Å². The standard InChI is InChI=1S/C17H28N2/c1-2-6-15(14-9-11-16(18)12-10-14)13-19-17-7-4-3-5-8-17/h9-12,15,17,19H,2-8,13,18H2,1H3. The summed E-state index contributed by atoms with van der Waals surface area (Å²) >= 11 is 0. The first-order valence-electron chi connectivity index (χ1n) is 7.88. The second-order valence-corrected chi connectivity index (χ2v) is 5.90. The van der Waals surface area contributed by atoms with E-state index in [1.165, 1.54) is 50.5 Å². The fourth-order valence-electron chi connectivity index (χ4n) is 3.12. The minimum atomic E-state index is 0.632. The summed E-state index contributed by atoms with van der Waals surface area (Å²) in [5.74, 6) is 0.632. The highest BCUT2D eigenvalue weighted by Crippen LogP contribution is 2.23. The molecule has 2 heteroatoms. The summed E-state index contributed by atoms with van der Waals surface area (Å²) in [6.07, 6.45) is 9.44. The highest BCUT2D eigenvalue weighted by molar-refractivity contribution is 5.40. The second-order valence-electron chi connectivity index (χ2n) is 5.90. The highest BCUT2D eigenvalue weighted by Gasteiger charge is 2.16. The molecular formula is C17H28N2. The summed E-state index contributed by atoms with van der Waals surface area (Å²) in [6.45, 7) is 3.38. The summed E-state index contributed by atoms with van der Waals surface area (Å²) in [6, 6.07) is 9.19. The molecule has 1 unspecified atom stereocenters. The lowest BCUT2D eigenvalue weighted by Gasteiger charge is -2.26. The van der Waals surface area contributed by atoms with Crippen molar-refractivity contribution in [3.8, 4) is 0 Å². The van der Waals surface area contributed by atoms with Gasteiger partial charge >= 0.3 is 0 Å². The molecule has 2 rings (SSSR count). The second kappa shape index (κ2) is 7.54. The molecule has 19 heavy (non-hydrogen) atoms. The number of hydrogen-bond donors (Lipinski definition) is 2. The third-order valence-corrected chi connectivity index (χ3v) is 4.30. The van der Waals surface area contributed by atoms with Gasteiger partial charge in [0, 0.05) is 18.3 Å². The summed E-state index contributed by atoms with van der Waals surface area (Å²) < 4.78 is 0. The van der Waals surface area contributed by atoms with Gasteiger partial charge in [-0.1, -0.05) is 44.7 Å². The first-order chi connectivity index (χ1) is 9.29. The molecule has 0 saturated heterocycles. The van der Waals surface area contributed by atoms with Crippen LogP contribution in [0.25, 0.3) is 0 Å². The van der Waals surface area contributed by atoms with Crippen LogP contribution in [-0.2, 0) is 0 Å². The van der Waals surface area contributed by atoms with Crippen LogP contribution in [-0.4, -0.2) is 12.6 Å². The maximum Gasteiger partial charge on any atom is 0.0314 e. The zero-order valence-electron chi connectivity index (χ0n) is 12.2. The Balaban J connectivity index is 1.89. The molecule has 1 aromatic carbocycles. The van der Waals surface area contributed by atoms with E-state index in [4.69, 9.17) is 5.73 Å². The molecule has 0 radical (unpaired) electrons. The number of hydrogen-bond acceptors (Lipinski definition) is 2. The Labute approximate surface area is 117 Å². The van der Waals surface area contributed by atoms with Gasteiger partial charge in [0.15, 0.2) is 0 Å². The van der Waals surface area contributed by atoms with Crippen LogP contribution in [0, 0.1) is 0 Å². The summed E-state index contributed by atoms with van der Waals surface area (Å²) in [5, 5.41) is 3.79. The molecule has 1 aliphatic carbocycles. The van der Waals surface area contributed by atoms with Gasteiger partial charge in [0.25, 0.3) is 0 Å². The molecule has 0 spiro atoms. The fraction of sp³-hybridized carbons (Fsp3) is 0.647.